The molecule has 0 aliphatic carbocycles. The molecule has 7 heteroatoms. The third-order valence-corrected chi connectivity index (χ3v) is 6.31. The van der Waals surface area contributed by atoms with E-state index in [0.717, 1.165) is 9.75 Å². The highest BCUT2D eigenvalue weighted by molar-refractivity contribution is 7.90. The van der Waals surface area contributed by atoms with Gasteiger partial charge in [0, 0.05) is 9.75 Å². The first-order valence-electron chi connectivity index (χ1n) is 4.63. The molecule has 0 unspecified atom stereocenters. The van der Waals surface area contributed by atoms with Gasteiger partial charge in [0.25, 0.3) is 0 Å². The van der Waals surface area contributed by atoms with E-state index in [9.17, 15) is 8.42 Å². The van der Waals surface area contributed by atoms with Gasteiger partial charge < -0.3 is 0 Å². The van der Waals surface area contributed by atoms with Gasteiger partial charge in [-0.2, -0.15) is 0 Å². The normalized spacial score (nSPS) is 11.9. The number of hydrogen-bond acceptors (Lipinski definition) is 4. The van der Waals surface area contributed by atoms with Gasteiger partial charge in [0.05, 0.1) is 20.2 Å². The monoisotopic (exact) mass is 326 g/mol. The van der Waals surface area contributed by atoms with E-state index in [4.69, 9.17) is 23.2 Å². The second kappa shape index (κ2) is 5.28. The summed E-state index contributed by atoms with van der Waals surface area (Å²) in [6, 6.07) is 6.90. The third-order valence-electron chi connectivity index (χ3n) is 1.98. The zero-order valence-electron chi connectivity index (χ0n) is 8.52. The molecule has 17 heavy (non-hydrogen) atoms. The highest BCUT2D eigenvalue weighted by Gasteiger charge is 2.15. The van der Waals surface area contributed by atoms with Crippen LogP contribution in [0.2, 0.25) is 8.67 Å². The molecule has 2 heterocycles. The first-order valence-corrected chi connectivity index (χ1v) is 8.84. The molecule has 0 aliphatic heterocycles. The molecule has 0 spiro atoms. The molecule has 0 aliphatic rings. The quantitative estimate of drug-likeness (QED) is 0.842. The van der Waals surface area contributed by atoms with E-state index in [0.29, 0.717) is 8.67 Å². The molecule has 0 atom stereocenters. The van der Waals surface area contributed by atoms with Crippen molar-refractivity contribution in [3.05, 3.63) is 42.7 Å². The van der Waals surface area contributed by atoms with E-state index in [1.54, 1.807) is 24.3 Å². The first-order chi connectivity index (χ1) is 7.94. The van der Waals surface area contributed by atoms with E-state index in [1.165, 1.54) is 22.7 Å². The lowest BCUT2D eigenvalue weighted by molar-refractivity contribution is 0.595. The second-order valence-corrected chi connectivity index (χ2v) is 9.11. The van der Waals surface area contributed by atoms with Crippen LogP contribution in [0.1, 0.15) is 9.75 Å². The maximum Gasteiger partial charge on any atom is 0.160 e. The Morgan fingerprint density at radius 1 is 0.882 bits per heavy atom. The van der Waals surface area contributed by atoms with E-state index in [1.807, 2.05) is 0 Å². The fraction of sp³-hybridized carbons (Fsp3) is 0.200. The van der Waals surface area contributed by atoms with Crippen molar-refractivity contribution in [2.75, 3.05) is 0 Å². The predicted octanol–water partition coefficient (Wildman–Crippen LogP) is 4.23. The summed E-state index contributed by atoms with van der Waals surface area (Å²) in [5.41, 5.74) is 0. The molecule has 2 aromatic rings. The number of sulfone groups is 1. The van der Waals surface area contributed by atoms with Crippen LogP contribution >= 0.6 is 45.9 Å². The summed E-state index contributed by atoms with van der Waals surface area (Å²) in [6.07, 6.45) is 0. The average Bonchev–Trinajstić information content (AvgIpc) is 2.74. The van der Waals surface area contributed by atoms with Gasteiger partial charge >= 0.3 is 0 Å². The van der Waals surface area contributed by atoms with Gasteiger partial charge in [-0.25, -0.2) is 8.42 Å². The van der Waals surface area contributed by atoms with Gasteiger partial charge in [-0.05, 0) is 24.3 Å². The van der Waals surface area contributed by atoms with Crippen molar-refractivity contribution >= 4 is 55.7 Å². The largest absolute Gasteiger partial charge is 0.228 e. The Labute approximate surface area is 118 Å². The van der Waals surface area contributed by atoms with E-state index >= 15 is 0 Å². The SMILES string of the molecule is O=S(=O)(Cc1ccc(Cl)s1)Cc1ccc(Cl)s1. The minimum absolute atomic E-state index is 0.0277. The van der Waals surface area contributed by atoms with E-state index < -0.39 is 9.84 Å². The Bertz CT molecular complexity index is 565. The molecule has 0 bridgehead atoms. The summed E-state index contributed by atoms with van der Waals surface area (Å²) in [5.74, 6) is 0.0554. The number of rotatable bonds is 4. The highest BCUT2D eigenvalue weighted by Crippen LogP contribution is 2.27. The molecule has 0 aromatic carbocycles. The Morgan fingerprint density at radius 3 is 1.59 bits per heavy atom. The Morgan fingerprint density at radius 2 is 1.29 bits per heavy atom. The second-order valence-electron chi connectivity index (χ2n) is 3.44. The minimum atomic E-state index is -3.16. The smallest absolute Gasteiger partial charge is 0.160 e. The minimum Gasteiger partial charge on any atom is -0.228 e. The summed E-state index contributed by atoms with van der Waals surface area (Å²) in [5, 5.41) is 0. The molecule has 0 N–H and O–H groups in total. The van der Waals surface area contributed by atoms with Crippen LogP contribution in [-0.4, -0.2) is 8.42 Å². The van der Waals surface area contributed by atoms with Crippen molar-refractivity contribution in [3.8, 4) is 0 Å². The Hall–Kier alpha value is -0.0700. The number of thiophene rings is 2. The van der Waals surface area contributed by atoms with E-state index in [2.05, 4.69) is 0 Å². The van der Waals surface area contributed by atoms with Crippen LogP contribution in [0.25, 0.3) is 0 Å². The van der Waals surface area contributed by atoms with Crippen LogP contribution in [-0.2, 0) is 21.3 Å². The maximum atomic E-state index is 11.9. The lowest BCUT2D eigenvalue weighted by atomic mass is 10.5. The van der Waals surface area contributed by atoms with Crippen LogP contribution in [0.15, 0.2) is 24.3 Å². The van der Waals surface area contributed by atoms with Gasteiger partial charge in [0.1, 0.15) is 0 Å². The third kappa shape index (κ3) is 3.96. The molecule has 0 radical (unpaired) electrons. The van der Waals surface area contributed by atoms with Crippen LogP contribution < -0.4 is 0 Å². The zero-order chi connectivity index (χ0) is 12.5. The summed E-state index contributed by atoms with van der Waals surface area (Å²) < 4.78 is 25.0. The van der Waals surface area contributed by atoms with Crippen molar-refractivity contribution in [3.63, 3.8) is 0 Å². The number of hydrogen-bond donors (Lipinski definition) is 0. The standard InChI is InChI=1S/C10H8Cl2O2S3/c11-9-3-1-7(15-9)5-17(13,14)6-8-2-4-10(12)16-8/h1-4H,5-6H2. The van der Waals surface area contributed by atoms with Gasteiger partial charge in [-0.15, -0.1) is 22.7 Å². The zero-order valence-corrected chi connectivity index (χ0v) is 12.5. The molecule has 2 nitrogen and oxygen atoms in total. The molecule has 2 aromatic heterocycles. The van der Waals surface area contributed by atoms with Gasteiger partial charge in [0.2, 0.25) is 0 Å². The predicted molar refractivity (Wildman–Crippen MR) is 75.0 cm³/mol. The summed E-state index contributed by atoms with van der Waals surface area (Å²) >= 11 is 14.1. The lowest BCUT2D eigenvalue weighted by Gasteiger charge is -2.00. The van der Waals surface area contributed by atoms with Crippen molar-refractivity contribution in [2.24, 2.45) is 0 Å². The van der Waals surface area contributed by atoms with Gasteiger partial charge in [-0.1, -0.05) is 23.2 Å². The topological polar surface area (TPSA) is 34.1 Å². The summed E-state index contributed by atoms with van der Waals surface area (Å²) in [4.78, 5) is 1.52. The molecule has 2 rings (SSSR count). The van der Waals surface area contributed by atoms with E-state index in [-0.39, 0.29) is 11.5 Å². The Kier molecular flexibility index (Phi) is 4.15. The molecule has 0 fully saturated rings. The molecular formula is C10H8Cl2O2S3. The Balaban J connectivity index is 2.09. The average molecular weight is 327 g/mol. The van der Waals surface area contributed by atoms with Crippen LogP contribution in [0.3, 0.4) is 0 Å². The van der Waals surface area contributed by atoms with Crippen molar-refractivity contribution in [2.45, 2.75) is 11.5 Å². The van der Waals surface area contributed by atoms with Crippen LogP contribution in [0, 0.1) is 0 Å². The molecule has 0 saturated heterocycles. The molecule has 0 saturated carbocycles. The summed E-state index contributed by atoms with van der Waals surface area (Å²) in [7, 11) is -3.16. The number of halogens is 2. The molecular weight excluding hydrogens is 319 g/mol. The first kappa shape index (κ1) is 13.4. The fourth-order valence-corrected chi connectivity index (χ4v) is 5.82. The van der Waals surface area contributed by atoms with Crippen LogP contribution in [0.5, 0.6) is 0 Å². The van der Waals surface area contributed by atoms with Gasteiger partial charge in [0.15, 0.2) is 9.84 Å². The lowest BCUT2D eigenvalue weighted by Crippen LogP contribution is -2.05. The maximum absolute atomic E-state index is 11.9. The van der Waals surface area contributed by atoms with Crippen molar-refractivity contribution in [1.82, 2.24) is 0 Å². The summed E-state index contributed by atoms with van der Waals surface area (Å²) in [6.45, 7) is 0. The van der Waals surface area contributed by atoms with Crippen molar-refractivity contribution < 1.29 is 8.42 Å². The fourth-order valence-electron chi connectivity index (χ4n) is 1.34. The molecule has 0 amide bonds. The van der Waals surface area contributed by atoms with Crippen molar-refractivity contribution in [1.29, 1.82) is 0 Å². The highest BCUT2D eigenvalue weighted by atomic mass is 35.5. The molecule has 92 valence electrons. The van der Waals surface area contributed by atoms with Gasteiger partial charge in [-0.3, -0.25) is 0 Å². The van der Waals surface area contributed by atoms with Crippen LogP contribution in [0.4, 0.5) is 0 Å².